The van der Waals surface area contributed by atoms with E-state index in [2.05, 4.69) is 10.6 Å². The summed E-state index contributed by atoms with van der Waals surface area (Å²) in [4.78, 5) is 0. The molecule has 0 unspecified atom stereocenters. The molecule has 0 spiro atoms. The monoisotopic (exact) mass is 312 g/mol. The molecule has 1 aromatic carbocycles. The summed E-state index contributed by atoms with van der Waals surface area (Å²) in [5.74, 6) is 1.44. The lowest BCUT2D eigenvalue weighted by atomic mass is 10.2. The number of hydrogen-bond acceptors (Lipinski definition) is 4. The normalized spacial score (nSPS) is 10.0. The zero-order chi connectivity index (χ0) is 15.5. The first-order valence-electron chi connectivity index (χ1n) is 7.01. The molecule has 0 saturated carbocycles. The second kappa shape index (κ2) is 10.2. The van der Waals surface area contributed by atoms with Gasteiger partial charge in [0.05, 0.1) is 14.2 Å². The van der Waals surface area contributed by atoms with Gasteiger partial charge in [-0.3, -0.25) is 0 Å². The van der Waals surface area contributed by atoms with Crippen molar-refractivity contribution in [2.75, 3.05) is 34.0 Å². The van der Waals surface area contributed by atoms with Crippen molar-refractivity contribution in [3.63, 3.8) is 0 Å². The first-order chi connectivity index (χ1) is 10.2. The topological polar surface area (TPSA) is 51.8 Å². The van der Waals surface area contributed by atoms with Gasteiger partial charge < -0.3 is 24.8 Å². The molecule has 0 aromatic heterocycles. The molecule has 5 nitrogen and oxygen atoms in total. The summed E-state index contributed by atoms with van der Waals surface area (Å²) in [6.07, 6.45) is 0.937. The van der Waals surface area contributed by atoms with Gasteiger partial charge in [0.2, 0.25) is 0 Å². The van der Waals surface area contributed by atoms with E-state index in [-0.39, 0.29) is 0 Å². The third-order valence-corrected chi connectivity index (χ3v) is 3.14. The van der Waals surface area contributed by atoms with Crippen LogP contribution in [0.3, 0.4) is 0 Å². The van der Waals surface area contributed by atoms with E-state index in [0.29, 0.717) is 17.4 Å². The Morgan fingerprint density at radius 3 is 2.57 bits per heavy atom. The van der Waals surface area contributed by atoms with Gasteiger partial charge in [0.1, 0.15) is 0 Å². The fourth-order valence-corrected chi connectivity index (χ4v) is 1.93. The summed E-state index contributed by atoms with van der Waals surface area (Å²) in [6.45, 7) is 4.93. The van der Waals surface area contributed by atoms with Crippen LogP contribution in [0.25, 0.3) is 0 Å². The van der Waals surface area contributed by atoms with Crippen molar-refractivity contribution >= 4 is 17.3 Å². The van der Waals surface area contributed by atoms with E-state index in [0.717, 1.165) is 37.5 Å². The van der Waals surface area contributed by atoms with Crippen LogP contribution in [-0.2, 0) is 11.3 Å². The third-order valence-electron chi connectivity index (χ3n) is 2.86. The fraction of sp³-hybridized carbons (Fsp3) is 0.533. The highest BCUT2D eigenvalue weighted by Gasteiger charge is 2.04. The van der Waals surface area contributed by atoms with Gasteiger partial charge in [0.25, 0.3) is 0 Å². The lowest BCUT2D eigenvalue weighted by molar-refractivity contribution is 0.145. The molecule has 0 amide bonds. The summed E-state index contributed by atoms with van der Waals surface area (Å²) in [5.41, 5.74) is 1.08. The zero-order valence-corrected chi connectivity index (χ0v) is 13.7. The molecule has 118 valence electrons. The Morgan fingerprint density at radius 2 is 1.90 bits per heavy atom. The first kappa shape index (κ1) is 17.5. The molecule has 6 heteroatoms. The maximum atomic E-state index is 5.27. The first-order valence-corrected chi connectivity index (χ1v) is 7.42. The lowest BCUT2D eigenvalue weighted by Gasteiger charge is -2.12. The van der Waals surface area contributed by atoms with Gasteiger partial charge in [-0.2, -0.15) is 0 Å². The number of rotatable bonds is 9. The van der Waals surface area contributed by atoms with Crippen LogP contribution in [0.2, 0.25) is 0 Å². The van der Waals surface area contributed by atoms with Crippen LogP contribution >= 0.6 is 12.2 Å². The Morgan fingerprint density at radius 1 is 1.14 bits per heavy atom. The minimum atomic E-state index is 0.637. The SMILES string of the molecule is CCOCCCNC(=S)NCc1ccc(OC)c(OC)c1. The second-order valence-electron chi connectivity index (χ2n) is 4.35. The molecule has 0 fully saturated rings. The number of methoxy groups -OCH3 is 2. The van der Waals surface area contributed by atoms with Crippen LogP contribution < -0.4 is 20.1 Å². The van der Waals surface area contributed by atoms with E-state index in [1.165, 1.54) is 0 Å². The van der Waals surface area contributed by atoms with Crippen LogP contribution in [-0.4, -0.2) is 39.1 Å². The number of nitrogens with one attached hydrogen (secondary N) is 2. The van der Waals surface area contributed by atoms with Crippen LogP contribution in [0.15, 0.2) is 18.2 Å². The van der Waals surface area contributed by atoms with Crippen LogP contribution in [0.5, 0.6) is 11.5 Å². The minimum Gasteiger partial charge on any atom is -0.493 e. The Bertz CT molecular complexity index is 441. The Labute approximate surface area is 132 Å². The van der Waals surface area contributed by atoms with Gasteiger partial charge in [-0.15, -0.1) is 0 Å². The van der Waals surface area contributed by atoms with Crippen LogP contribution in [0.1, 0.15) is 18.9 Å². The predicted molar refractivity (Wildman–Crippen MR) is 88.1 cm³/mol. The Hall–Kier alpha value is -1.53. The fourth-order valence-electron chi connectivity index (χ4n) is 1.76. The van der Waals surface area contributed by atoms with E-state index in [4.69, 9.17) is 26.4 Å². The minimum absolute atomic E-state index is 0.637. The summed E-state index contributed by atoms with van der Waals surface area (Å²) < 4.78 is 15.7. The molecule has 0 bridgehead atoms. The van der Waals surface area contributed by atoms with E-state index >= 15 is 0 Å². The van der Waals surface area contributed by atoms with Gasteiger partial charge in [0, 0.05) is 26.3 Å². The highest BCUT2D eigenvalue weighted by molar-refractivity contribution is 7.80. The van der Waals surface area contributed by atoms with Gasteiger partial charge in [-0.1, -0.05) is 6.07 Å². The molecule has 0 heterocycles. The molecule has 0 aliphatic rings. The molecule has 1 rings (SSSR count). The standard InChI is InChI=1S/C15H24N2O3S/c1-4-20-9-5-8-16-15(21)17-11-12-6-7-13(18-2)14(10-12)19-3/h6-7,10H,4-5,8-9,11H2,1-3H3,(H2,16,17,21). The van der Waals surface area contributed by atoms with Gasteiger partial charge in [-0.05, 0) is 43.3 Å². The van der Waals surface area contributed by atoms with Gasteiger partial charge in [0.15, 0.2) is 16.6 Å². The van der Waals surface area contributed by atoms with Crippen molar-refractivity contribution < 1.29 is 14.2 Å². The number of thiocarbonyl (C=S) groups is 1. The largest absolute Gasteiger partial charge is 0.493 e. The maximum Gasteiger partial charge on any atom is 0.166 e. The Kier molecular flexibility index (Phi) is 8.54. The zero-order valence-electron chi connectivity index (χ0n) is 12.9. The molecule has 0 saturated heterocycles. The molecular weight excluding hydrogens is 288 g/mol. The van der Waals surface area contributed by atoms with Gasteiger partial charge >= 0.3 is 0 Å². The average molecular weight is 312 g/mol. The molecule has 1 aromatic rings. The van der Waals surface area contributed by atoms with Crippen molar-refractivity contribution in [3.05, 3.63) is 23.8 Å². The van der Waals surface area contributed by atoms with Crippen molar-refractivity contribution in [2.24, 2.45) is 0 Å². The van der Waals surface area contributed by atoms with E-state index in [1.807, 2.05) is 25.1 Å². The number of benzene rings is 1. The number of hydrogen-bond donors (Lipinski definition) is 2. The Balaban J connectivity index is 2.32. The van der Waals surface area contributed by atoms with E-state index in [1.54, 1.807) is 14.2 Å². The molecule has 0 radical (unpaired) electrons. The average Bonchev–Trinajstić information content (AvgIpc) is 2.52. The molecule has 21 heavy (non-hydrogen) atoms. The number of ether oxygens (including phenoxy) is 3. The van der Waals surface area contributed by atoms with Crippen molar-refractivity contribution in [1.29, 1.82) is 0 Å². The van der Waals surface area contributed by atoms with Crippen LogP contribution in [0.4, 0.5) is 0 Å². The van der Waals surface area contributed by atoms with E-state index < -0.39 is 0 Å². The molecular formula is C15H24N2O3S. The summed E-state index contributed by atoms with van der Waals surface area (Å²) in [5, 5.41) is 6.95. The maximum absolute atomic E-state index is 5.27. The predicted octanol–water partition coefficient (Wildman–Crippen LogP) is 2.09. The smallest absolute Gasteiger partial charge is 0.166 e. The van der Waals surface area contributed by atoms with Crippen molar-refractivity contribution in [2.45, 2.75) is 19.9 Å². The molecule has 0 aliphatic carbocycles. The van der Waals surface area contributed by atoms with Crippen molar-refractivity contribution in [1.82, 2.24) is 10.6 Å². The highest BCUT2D eigenvalue weighted by atomic mass is 32.1. The van der Waals surface area contributed by atoms with Crippen molar-refractivity contribution in [3.8, 4) is 11.5 Å². The summed E-state index contributed by atoms with van der Waals surface area (Å²) in [6, 6.07) is 5.80. The summed E-state index contributed by atoms with van der Waals surface area (Å²) in [7, 11) is 3.25. The molecule has 0 aliphatic heterocycles. The quantitative estimate of drug-likeness (QED) is 0.538. The van der Waals surface area contributed by atoms with Crippen LogP contribution in [0, 0.1) is 0 Å². The van der Waals surface area contributed by atoms with E-state index in [9.17, 15) is 0 Å². The summed E-state index contributed by atoms with van der Waals surface area (Å²) >= 11 is 5.22. The lowest BCUT2D eigenvalue weighted by Crippen LogP contribution is -2.35. The highest BCUT2D eigenvalue weighted by Crippen LogP contribution is 2.27. The third kappa shape index (κ3) is 6.64. The van der Waals surface area contributed by atoms with Gasteiger partial charge in [-0.25, -0.2) is 0 Å². The second-order valence-corrected chi connectivity index (χ2v) is 4.76. The molecule has 2 N–H and O–H groups in total. The molecule has 0 atom stereocenters.